The normalized spacial score (nSPS) is 10.2. The number of hydrogen-bond donors (Lipinski definition) is 0. The quantitative estimate of drug-likeness (QED) is 0.182. The van der Waals surface area contributed by atoms with E-state index in [1.807, 2.05) is 42.5 Å². The number of benzene rings is 1. The van der Waals surface area contributed by atoms with Gasteiger partial charge in [-0.05, 0) is 6.07 Å². The lowest BCUT2D eigenvalue weighted by atomic mass is 10.2. The van der Waals surface area contributed by atoms with Gasteiger partial charge >= 0.3 is 0 Å². The molecule has 2 aromatic heterocycles. The van der Waals surface area contributed by atoms with Crippen LogP contribution in [0.25, 0.3) is 0 Å². The van der Waals surface area contributed by atoms with Crippen molar-refractivity contribution in [3.63, 3.8) is 0 Å². The molecule has 0 N–H and O–H groups in total. The molecule has 0 saturated carbocycles. The van der Waals surface area contributed by atoms with E-state index in [0.29, 0.717) is 11.6 Å². The van der Waals surface area contributed by atoms with Gasteiger partial charge in [0.2, 0.25) is 0 Å². The van der Waals surface area contributed by atoms with E-state index in [9.17, 15) is 0 Å². The van der Waals surface area contributed by atoms with Gasteiger partial charge in [-0.3, -0.25) is 0 Å². The predicted molar refractivity (Wildman–Crippen MR) is 102 cm³/mol. The van der Waals surface area contributed by atoms with Gasteiger partial charge in [0.15, 0.2) is 37.9 Å². The van der Waals surface area contributed by atoms with Crippen molar-refractivity contribution in [2.24, 2.45) is 5.16 Å². The molecular weight excluding hydrogens is 506 g/mol. The molecule has 0 spiro atoms. The highest BCUT2D eigenvalue weighted by molar-refractivity contribution is 6.31. The Labute approximate surface area is 192 Å². The molecule has 0 unspecified atom stereocenters. The molecule has 148 valence electrons. The predicted octanol–water partition coefficient (Wildman–Crippen LogP) is -2.44. The zero-order valence-electron chi connectivity index (χ0n) is 15.3. The molecule has 0 saturated heterocycles. The summed E-state index contributed by atoms with van der Waals surface area (Å²) in [7, 11) is 0. The molecule has 0 aliphatic rings. The summed E-state index contributed by atoms with van der Waals surface area (Å²) in [6.07, 6.45) is 11.1. The lowest BCUT2D eigenvalue weighted by Crippen LogP contribution is -3.00. The number of oxime groups is 1. The largest absolute Gasteiger partial charge is 1.00 e. The van der Waals surface area contributed by atoms with Crippen molar-refractivity contribution < 1.29 is 47.9 Å². The van der Waals surface area contributed by atoms with Gasteiger partial charge in [0, 0.05) is 40.4 Å². The second-order valence-corrected chi connectivity index (χ2v) is 6.34. The average molecular weight is 528 g/mol. The summed E-state index contributed by atoms with van der Waals surface area (Å²) < 4.78 is 4.36. The summed E-state index contributed by atoms with van der Waals surface area (Å²) in [5.74, 6) is 0. The van der Waals surface area contributed by atoms with Crippen LogP contribution < -0.4 is 43.1 Å². The SMILES string of the molecule is Clc1ccccc1CO/N=C/c1cc[n+](CCC[n+]2ccccc2)cc1.[Br-].[Br-]. The lowest BCUT2D eigenvalue weighted by molar-refractivity contribution is -0.726. The zero-order valence-corrected chi connectivity index (χ0v) is 19.2. The van der Waals surface area contributed by atoms with Crippen LogP contribution in [-0.2, 0) is 24.5 Å². The number of nitrogens with zero attached hydrogens (tertiary/aromatic N) is 3. The lowest BCUT2D eigenvalue weighted by Gasteiger charge is -2.01. The number of aromatic nitrogens is 2. The minimum Gasteiger partial charge on any atom is -1.00 e. The third-order valence-corrected chi connectivity index (χ3v) is 4.35. The van der Waals surface area contributed by atoms with Crippen molar-refractivity contribution in [1.82, 2.24) is 0 Å². The number of hydrogen-bond acceptors (Lipinski definition) is 2. The maximum Gasteiger partial charge on any atom is 0.169 e. The summed E-state index contributed by atoms with van der Waals surface area (Å²) >= 11 is 6.08. The minimum absolute atomic E-state index is 0. The summed E-state index contributed by atoms with van der Waals surface area (Å²) in [6.45, 7) is 2.34. The van der Waals surface area contributed by atoms with E-state index >= 15 is 0 Å². The Morgan fingerprint density at radius 3 is 2.14 bits per heavy atom. The fourth-order valence-corrected chi connectivity index (χ4v) is 2.73. The first-order valence-electron chi connectivity index (χ1n) is 8.63. The van der Waals surface area contributed by atoms with E-state index in [-0.39, 0.29) is 34.0 Å². The molecule has 2 heterocycles. The maximum absolute atomic E-state index is 6.08. The number of halogens is 3. The van der Waals surface area contributed by atoms with Crippen molar-refractivity contribution in [2.45, 2.75) is 26.1 Å². The van der Waals surface area contributed by atoms with Crippen LogP contribution >= 0.6 is 11.6 Å². The van der Waals surface area contributed by atoms with E-state index < -0.39 is 0 Å². The minimum atomic E-state index is 0. The zero-order chi connectivity index (χ0) is 18.0. The standard InChI is InChI=1S/C21H22ClN3O.2BrH/c22-21-8-3-2-7-20(21)18-26-23-17-19-9-15-25(16-10-19)14-6-13-24-11-4-1-5-12-24;;/h1-5,7-12,15-17H,6,13-14,18H2;2*1H/q+2;;/p-2/b23-17+;;. The van der Waals surface area contributed by atoms with E-state index in [1.165, 1.54) is 0 Å². The molecule has 4 nitrogen and oxygen atoms in total. The molecule has 28 heavy (non-hydrogen) atoms. The van der Waals surface area contributed by atoms with E-state index in [1.54, 1.807) is 6.21 Å². The van der Waals surface area contributed by atoms with Crippen LogP contribution in [-0.4, -0.2) is 6.21 Å². The van der Waals surface area contributed by atoms with Crippen LogP contribution in [0, 0.1) is 0 Å². The highest BCUT2D eigenvalue weighted by atomic mass is 79.9. The van der Waals surface area contributed by atoms with Crippen LogP contribution in [0.4, 0.5) is 0 Å². The number of rotatable bonds is 8. The third kappa shape index (κ3) is 8.09. The van der Waals surface area contributed by atoms with Gasteiger partial charge in [-0.25, -0.2) is 9.13 Å². The maximum atomic E-state index is 6.08. The molecule has 0 radical (unpaired) electrons. The van der Waals surface area contributed by atoms with Gasteiger partial charge < -0.3 is 38.8 Å². The average Bonchev–Trinajstić information content (AvgIpc) is 2.68. The summed E-state index contributed by atoms with van der Waals surface area (Å²) in [5.41, 5.74) is 1.92. The van der Waals surface area contributed by atoms with Crippen molar-refractivity contribution in [3.05, 3.63) is 95.5 Å². The molecule has 0 fully saturated rings. The van der Waals surface area contributed by atoms with E-state index in [4.69, 9.17) is 16.4 Å². The Balaban J connectivity index is 0.00000196. The van der Waals surface area contributed by atoms with Gasteiger partial charge in [0.05, 0.1) is 12.6 Å². The molecule has 0 aliphatic heterocycles. The molecule has 3 aromatic rings. The van der Waals surface area contributed by atoms with Crippen LogP contribution in [0.3, 0.4) is 0 Å². The second-order valence-electron chi connectivity index (χ2n) is 5.94. The summed E-state index contributed by atoms with van der Waals surface area (Å²) in [4.78, 5) is 5.32. The van der Waals surface area contributed by atoms with Gasteiger partial charge in [0.1, 0.15) is 6.61 Å². The van der Waals surface area contributed by atoms with Crippen molar-refractivity contribution >= 4 is 17.8 Å². The third-order valence-electron chi connectivity index (χ3n) is 3.98. The molecule has 1 aromatic carbocycles. The molecule has 3 rings (SSSR count). The topological polar surface area (TPSA) is 29.3 Å². The first-order chi connectivity index (χ1) is 12.8. The van der Waals surface area contributed by atoms with E-state index in [2.05, 4.69) is 51.2 Å². The van der Waals surface area contributed by atoms with Crippen LogP contribution in [0.2, 0.25) is 5.02 Å². The fourth-order valence-electron chi connectivity index (χ4n) is 2.54. The van der Waals surface area contributed by atoms with Gasteiger partial charge in [-0.2, -0.15) is 0 Å². The fraction of sp³-hybridized carbons (Fsp3) is 0.190. The Kier molecular flexibility index (Phi) is 11.6. The monoisotopic (exact) mass is 525 g/mol. The molecule has 0 atom stereocenters. The Morgan fingerprint density at radius 1 is 0.821 bits per heavy atom. The van der Waals surface area contributed by atoms with E-state index in [0.717, 1.165) is 30.6 Å². The summed E-state index contributed by atoms with van der Waals surface area (Å²) in [6, 6.07) is 17.8. The molecule has 0 bridgehead atoms. The second kappa shape index (κ2) is 13.4. The number of pyridine rings is 2. The van der Waals surface area contributed by atoms with Crippen molar-refractivity contribution in [2.75, 3.05) is 0 Å². The van der Waals surface area contributed by atoms with Crippen molar-refractivity contribution in [1.29, 1.82) is 0 Å². The van der Waals surface area contributed by atoms with Crippen LogP contribution in [0.15, 0.2) is 84.5 Å². The summed E-state index contributed by atoms with van der Waals surface area (Å²) in [5, 5.41) is 4.71. The molecule has 7 heteroatoms. The highest BCUT2D eigenvalue weighted by Gasteiger charge is 2.04. The first-order valence-corrected chi connectivity index (χ1v) is 9.01. The van der Waals surface area contributed by atoms with Gasteiger partial charge in [0.25, 0.3) is 0 Å². The molecule has 0 aliphatic carbocycles. The molecular formula is C21H22Br2ClN3O. The van der Waals surface area contributed by atoms with Crippen molar-refractivity contribution in [3.8, 4) is 0 Å². The smallest absolute Gasteiger partial charge is 0.169 e. The molecule has 0 amide bonds. The Bertz CT molecular complexity index is 846. The Hall–Kier alpha value is -1.76. The van der Waals surface area contributed by atoms with Gasteiger partial charge in [-0.15, -0.1) is 0 Å². The van der Waals surface area contributed by atoms with Crippen LogP contribution in [0.5, 0.6) is 0 Å². The number of aryl methyl sites for hydroxylation is 2. The highest BCUT2D eigenvalue weighted by Crippen LogP contribution is 2.15. The van der Waals surface area contributed by atoms with Crippen LogP contribution in [0.1, 0.15) is 17.5 Å². The first kappa shape index (κ1) is 24.3. The Morgan fingerprint density at radius 2 is 1.46 bits per heavy atom. The van der Waals surface area contributed by atoms with Gasteiger partial charge in [-0.1, -0.05) is 41.0 Å².